The molecule has 0 radical (unpaired) electrons. The molecule has 1 aliphatic rings. The SMILES string of the molecule is [N-]=[N+]=NC(c1cc(F)c(N2CCSCC2)c(F)c1)c1cn[nH]n1. The molecule has 120 valence electrons. The lowest BCUT2D eigenvalue weighted by Crippen LogP contribution is -2.33. The number of thioether (sulfide) groups is 1. The first-order chi connectivity index (χ1) is 11.2. The van der Waals surface area contributed by atoms with Gasteiger partial charge in [-0.3, -0.25) is 0 Å². The third-order valence-corrected chi connectivity index (χ3v) is 4.51. The van der Waals surface area contributed by atoms with E-state index in [0.29, 0.717) is 18.8 Å². The van der Waals surface area contributed by atoms with E-state index in [9.17, 15) is 8.78 Å². The topological polar surface area (TPSA) is 93.6 Å². The highest BCUT2D eigenvalue weighted by Gasteiger charge is 2.23. The molecule has 7 nitrogen and oxygen atoms in total. The number of benzene rings is 1. The average Bonchev–Trinajstić information content (AvgIpc) is 3.07. The second-order valence-electron chi connectivity index (χ2n) is 4.93. The van der Waals surface area contributed by atoms with Crippen molar-refractivity contribution < 1.29 is 8.78 Å². The highest BCUT2D eigenvalue weighted by Crippen LogP contribution is 2.32. The van der Waals surface area contributed by atoms with Crippen molar-refractivity contribution in [1.29, 1.82) is 0 Å². The van der Waals surface area contributed by atoms with Crippen molar-refractivity contribution in [3.05, 3.63) is 51.7 Å². The molecule has 2 heterocycles. The van der Waals surface area contributed by atoms with Crippen LogP contribution in [0.1, 0.15) is 17.3 Å². The Hall–Kier alpha value is -2.32. The van der Waals surface area contributed by atoms with Crippen LogP contribution in [0.5, 0.6) is 0 Å². The van der Waals surface area contributed by atoms with Gasteiger partial charge >= 0.3 is 0 Å². The minimum Gasteiger partial charge on any atom is -0.365 e. The summed E-state index contributed by atoms with van der Waals surface area (Å²) in [5.74, 6) is 0.323. The number of nitrogens with zero attached hydrogens (tertiary/aromatic N) is 6. The Bertz CT molecular complexity index is 701. The lowest BCUT2D eigenvalue weighted by atomic mass is 10.0. The number of hydrogen-bond donors (Lipinski definition) is 1. The van der Waals surface area contributed by atoms with Crippen LogP contribution >= 0.6 is 11.8 Å². The van der Waals surface area contributed by atoms with Crippen molar-refractivity contribution in [2.75, 3.05) is 29.5 Å². The molecule has 1 aromatic heterocycles. The maximum Gasteiger partial charge on any atom is 0.149 e. The number of rotatable bonds is 4. The number of aromatic amines is 1. The van der Waals surface area contributed by atoms with Gasteiger partial charge in [0.15, 0.2) is 0 Å². The van der Waals surface area contributed by atoms with Crippen molar-refractivity contribution in [2.45, 2.75) is 6.04 Å². The molecule has 0 aliphatic carbocycles. The molecule has 2 aromatic rings. The van der Waals surface area contributed by atoms with Gasteiger partial charge in [-0.05, 0) is 23.2 Å². The number of anilines is 1. The number of hydrogen-bond acceptors (Lipinski definition) is 5. The van der Waals surface area contributed by atoms with Gasteiger partial charge in [0.25, 0.3) is 0 Å². The minimum atomic E-state index is -0.936. The number of H-pyrrole nitrogens is 1. The Labute approximate surface area is 134 Å². The monoisotopic (exact) mass is 337 g/mol. The van der Waals surface area contributed by atoms with Gasteiger partial charge in [-0.2, -0.15) is 27.2 Å². The van der Waals surface area contributed by atoms with Crippen LogP contribution < -0.4 is 4.90 Å². The number of nitrogens with one attached hydrogen (secondary N) is 1. The summed E-state index contributed by atoms with van der Waals surface area (Å²) in [7, 11) is 0. The van der Waals surface area contributed by atoms with E-state index >= 15 is 0 Å². The fraction of sp³-hybridized carbons (Fsp3) is 0.385. The largest absolute Gasteiger partial charge is 0.365 e. The fourth-order valence-corrected chi connectivity index (χ4v) is 3.43. The lowest BCUT2D eigenvalue weighted by Gasteiger charge is -2.29. The Morgan fingerprint density at radius 2 is 2.00 bits per heavy atom. The van der Waals surface area contributed by atoms with Crippen LogP contribution in [0.2, 0.25) is 0 Å². The van der Waals surface area contributed by atoms with E-state index in [0.717, 1.165) is 11.5 Å². The van der Waals surface area contributed by atoms with Crippen LogP contribution in [-0.2, 0) is 0 Å². The third kappa shape index (κ3) is 3.22. The second-order valence-corrected chi connectivity index (χ2v) is 6.16. The van der Waals surface area contributed by atoms with Gasteiger partial charge in [0.1, 0.15) is 23.4 Å². The van der Waals surface area contributed by atoms with E-state index < -0.39 is 17.7 Å². The highest BCUT2D eigenvalue weighted by atomic mass is 32.2. The molecule has 1 atom stereocenters. The first-order valence-electron chi connectivity index (χ1n) is 6.92. The summed E-state index contributed by atoms with van der Waals surface area (Å²) in [4.78, 5) is 4.42. The molecule has 0 amide bonds. The summed E-state index contributed by atoms with van der Waals surface area (Å²) < 4.78 is 28.9. The van der Waals surface area contributed by atoms with Crippen LogP contribution in [0.3, 0.4) is 0 Å². The first kappa shape index (κ1) is 15.6. The molecule has 0 saturated carbocycles. The predicted octanol–water partition coefficient (Wildman–Crippen LogP) is 3.04. The van der Waals surface area contributed by atoms with Crippen LogP contribution in [0.4, 0.5) is 14.5 Å². The quantitative estimate of drug-likeness (QED) is 0.527. The number of halogens is 2. The summed E-state index contributed by atoms with van der Waals surface area (Å²) in [6.07, 6.45) is 1.35. The molecule has 1 aromatic carbocycles. The van der Waals surface area contributed by atoms with E-state index in [2.05, 4.69) is 25.4 Å². The second kappa shape index (κ2) is 6.84. The maximum atomic E-state index is 14.5. The molecule has 3 rings (SSSR count). The summed E-state index contributed by atoms with van der Waals surface area (Å²) in [6.45, 7) is 1.20. The van der Waals surface area contributed by atoms with Crippen LogP contribution in [-0.4, -0.2) is 40.0 Å². The van der Waals surface area contributed by atoms with Gasteiger partial charge in [-0.1, -0.05) is 5.11 Å². The van der Waals surface area contributed by atoms with Gasteiger partial charge in [0.2, 0.25) is 0 Å². The molecule has 0 bridgehead atoms. The molecule has 1 saturated heterocycles. The third-order valence-electron chi connectivity index (χ3n) is 3.56. The molecular formula is C13H13F2N7S. The van der Waals surface area contributed by atoms with Gasteiger partial charge in [0.05, 0.1) is 11.9 Å². The molecule has 1 fully saturated rings. The molecule has 10 heteroatoms. The Balaban J connectivity index is 1.99. The van der Waals surface area contributed by atoms with Crippen LogP contribution in [0, 0.1) is 11.6 Å². The van der Waals surface area contributed by atoms with Crippen molar-refractivity contribution >= 4 is 17.4 Å². The van der Waals surface area contributed by atoms with Crippen LogP contribution in [0.25, 0.3) is 10.4 Å². The fourth-order valence-electron chi connectivity index (χ4n) is 2.52. The van der Waals surface area contributed by atoms with Crippen molar-refractivity contribution in [1.82, 2.24) is 15.4 Å². The Morgan fingerprint density at radius 1 is 1.30 bits per heavy atom. The van der Waals surface area contributed by atoms with E-state index in [4.69, 9.17) is 5.53 Å². The van der Waals surface area contributed by atoms with Crippen molar-refractivity contribution in [3.8, 4) is 0 Å². The van der Waals surface area contributed by atoms with Gasteiger partial charge in [0, 0.05) is 29.5 Å². The summed E-state index contributed by atoms with van der Waals surface area (Å²) in [5, 5.41) is 13.4. The number of azide groups is 1. The van der Waals surface area contributed by atoms with E-state index in [1.54, 1.807) is 16.7 Å². The molecule has 0 spiro atoms. The van der Waals surface area contributed by atoms with E-state index in [1.807, 2.05) is 0 Å². The summed E-state index contributed by atoms with van der Waals surface area (Å²) in [6, 6.07) is 1.44. The molecule has 1 N–H and O–H groups in total. The van der Waals surface area contributed by atoms with Crippen LogP contribution in [0.15, 0.2) is 23.4 Å². The zero-order valence-corrected chi connectivity index (χ0v) is 12.8. The predicted molar refractivity (Wildman–Crippen MR) is 83.3 cm³/mol. The average molecular weight is 337 g/mol. The number of aromatic nitrogens is 3. The zero-order valence-electron chi connectivity index (χ0n) is 12.0. The van der Waals surface area contributed by atoms with Crippen molar-refractivity contribution in [3.63, 3.8) is 0 Å². The lowest BCUT2D eigenvalue weighted by molar-refractivity contribution is 0.567. The standard InChI is InChI=1S/C13H13F2N7S/c14-9-5-8(12(19-20-16)11-7-17-21-18-11)6-10(15)13(9)22-1-3-23-4-2-22/h5-7,12H,1-4H2,(H,17,18,21). The van der Waals surface area contributed by atoms with E-state index in [-0.39, 0.29) is 11.3 Å². The van der Waals surface area contributed by atoms with Gasteiger partial charge in [-0.25, -0.2) is 8.78 Å². The Morgan fingerprint density at radius 3 is 2.57 bits per heavy atom. The summed E-state index contributed by atoms with van der Waals surface area (Å²) >= 11 is 1.76. The molecule has 23 heavy (non-hydrogen) atoms. The Kier molecular flexibility index (Phi) is 4.63. The van der Waals surface area contributed by atoms with Crippen molar-refractivity contribution in [2.24, 2.45) is 5.11 Å². The highest BCUT2D eigenvalue weighted by molar-refractivity contribution is 7.99. The molecule has 1 aliphatic heterocycles. The van der Waals surface area contributed by atoms with Gasteiger partial charge < -0.3 is 4.90 Å². The maximum absolute atomic E-state index is 14.5. The molecular weight excluding hydrogens is 324 g/mol. The normalized spacial score (nSPS) is 16.0. The first-order valence-corrected chi connectivity index (χ1v) is 8.07. The van der Waals surface area contributed by atoms with E-state index in [1.165, 1.54) is 18.3 Å². The molecule has 1 unspecified atom stereocenters. The summed E-state index contributed by atoms with van der Waals surface area (Å²) in [5.41, 5.74) is 9.15. The minimum absolute atomic E-state index is 0.0334. The van der Waals surface area contributed by atoms with Gasteiger partial charge in [-0.15, -0.1) is 0 Å². The smallest absolute Gasteiger partial charge is 0.149 e. The zero-order chi connectivity index (χ0) is 16.2.